The van der Waals surface area contributed by atoms with Crippen molar-refractivity contribution >= 4 is 0 Å². The molecule has 0 saturated heterocycles. The van der Waals surface area contributed by atoms with Gasteiger partial charge in [-0.25, -0.2) is 0 Å². The molecule has 0 aromatic heterocycles. The van der Waals surface area contributed by atoms with Crippen LogP contribution in [-0.4, -0.2) is 45.6 Å². The van der Waals surface area contributed by atoms with E-state index in [1.54, 1.807) is 0 Å². The Balaban J connectivity index is 3.14. The smallest absolute Gasteiger partial charge is 0.188 e. The predicted molar refractivity (Wildman–Crippen MR) is 105 cm³/mol. The zero-order chi connectivity index (χ0) is 18.1. The van der Waals surface area contributed by atoms with E-state index < -0.39 is 0 Å². The van der Waals surface area contributed by atoms with Gasteiger partial charge in [0.05, 0.1) is 27.7 Å². The molecule has 0 bridgehead atoms. The Bertz CT molecular complexity index is 284. The first-order valence-corrected chi connectivity index (χ1v) is 10.1. The minimum absolute atomic E-state index is 0.344. The SMILES string of the molecule is C=C(C[N+](C)(C)C)OCOCCCCCCCCCCCCCC. The first kappa shape index (κ1) is 23.5. The van der Waals surface area contributed by atoms with Crippen LogP contribution >= 0.6 is 0 Å². The molecule has 0 N–H and O–H groups in total. The van der Waals surface area contributed by atoms with Crippen molar-refractivity contribution in [2.45, 2.75) is 84.0 Å². The van der Waals surface area contributed by atoms with Crippen molar-refractivity contribution in [2.24, 2.45) is 0 Å². The van der Waals surface area contributed by atoms with Crippen molar-refractivity contribution in [1.82, 2.24) is 0 Å². The summed E-state index contributed by atoms with van der Waals surface area (Å²) in [6, 6.07) is 0. The van der Waals surface area contributed by atoms with Gasteiger partial charge in [-0.3, -0.25) is 0 Å². The molecule has 0 aliphatic heterocycles. The van der Waals surface area contributed by atoms with Crippen molar-refractivity contribution in [2.75, 3.05) is 41.1 Å². The minimum Gasteiger partial charge on any atom is -0.467 e. The Labute approximate surface area is 152 Å². The van der Waals surface area contributed by atoms with Gasteiger partial charge in [0.2, 0.25) is 0 Å². The monoisotopic (exact) mass is 342 g/mol. The highest BCUT2D eigenvalue weighted by Crippen LogP contribution is 2.12. The first-order chi connectivity index (χ1) is 11.5. The van der Waals surface area contributed by atoms with Gasteiger partial charge in [-0.05, 0) is 6.42 Å². The molecule has 144 valence electrons. The van der Waals surface area contributed by atoms with Crippen LogP contribution in [0.25, 0.3) is 0 Å². The number of unbranched alkanes of at least 4 members (excludes halogenated alkanes) is 11. The quantitative estimate of drug-likeness (QED) is 0.134. The molecule has 0 spiro atoms. The molecule has 0 atom stereocenters. The third kappa shape index (κ3) is 19.5. The molecule has 0 aromatic carbocycles. The van der Waals surface area contributed by atoms with Crippen molar-refractivity contribution < 1.29 is 14.0 Å². The van der Waals surface area contributed by atoms with Gasteiger partial charge in [-0.1, -0.05) is 84.1 Å². The maximum absolute atomic E-state index is 5.52. The lowest BCUT2D eigenvalue weighted by atomic mass is 10.1. The average Bonchev–Trinajstić information content (AvgIpc) is 2.49. The van der Waals surface area contributed by atoms with Gasteiger partial charge in [0.25, 0.3) is 0 Å². The van der Waals surface area contributed by atoms with E-state index in [2.05, 4.69) is 34.6 Å². The minimum atomic E-state index is 0.344. The van der Waals surface area contributed by atoms with Crippen LogP contribution in [0.15, 0.2) is 12.3 Å². The summed E-state index contributed by atoms with van der Waals surface area (Å²) < 4.78 is 11.8. The molecule has 24 heavy (non-hydrogen) atoms. The van der Waals surface area contributed by atoms with Crippen LogP contribution in [0.5, 0.6) is 0 Å². The van der Waals surface area contributed by atoms with Crippen molar-refractivity contribution in [1.29, 1.82) is 0 Å². The molecule has 3 heteroatoms. The number of likely N-dealkylation sites (N-methyl/N-ethyl adjacent to an activating group) is 1. The number of hydrogen-bond donors (Lipinski definition) is 0. The van der Waals surface area contributed by atoms with Crippen LogP contribution < -0.4 is 0 Å². The highest BCUT2D eigenvalue weighted by molar-refractivity contribution is 4.80. The van der Waals surface area contributed by atoms with Crippen LogP contribution in [0, 0.1) is 0 Å². The average molecular weight is 343 g/mol. The van der Waals surface area contributed by atoms with Crippen molar-refractivity contribution in [3.63, 3.8) is 0 Å². The highest BCUT2D eigenvalue weighted by Gasteiger charge is 2.09. The fourth-order valence-corrected chi connectivity index (χ4v) is 2.80. The second kappa shape index (κ2) is 16.0. The fourth-order valence-electron chi connectivity index (χ4n) is 2.80. The Hall–Kier alpha value is -0.540. The van der Waals surface area contributed by atoms with Crippen LogP contribution in [0.1, 0.15) is 84.0 Å². The molecule has 3 nitrogen and oxygen atoms in total. The standard InChI is InChI=1S/C21H44NO2/c1-6-7-8-9-10-11-12-13-14-15-16-17-18-23-20-24-21(2)19-22(3,4)5/h2,6-20H2,1,3-5H3/q+1. The number of ether oxygens (including phenoxy) is 2. The molecular formula is C21H44NO2+. The van der Waals surface area contributed by atoms with Crippen LogP contribution in [0.2, 0.25) is 0 Å². The molecule has 0 aliphatic carbocycles. The molecule has 0 heterocycles. The maximum Gasteiger partial charge on any atom is 0.188 e. The van der Waals surface area contributed by atoms with Gasteiger partial charge in [0, 0.05) is 0 Å². The van der Waals surface area contributed by atoms with Crippen LogP contribution in [-0.2, 0) is 9.47 Å². The first-order valence-electron chi connectivity index (χ1n) is 10.1. The molecule has 0 amide bonds. The van der Waals surface area contributed by atoms with Gasteiger partial charge in [-0.15, -0.1) is 0 Å². The van der Waals surface area contributed by atoms with Gasteiger partial charge in [-0.2, -0.15) is 0 Å². The van der Waals surface area contributed by atoms with Gasteiger partial charge < -0.3 is 14.0 Å². The van der Waals surface area contributed by atoms with Gasteiger partial charge in [0.15, 0.2) is 6.79 Å². The molecule has 0 radical (unpaired) electrons. The second-order valence-electron chi connectivity index (χ2n) is 8.05. The summed E-state index contributed by atoms with van der Waals surface area (Å²) in [6.07, 6.45) is 16.5. The summed E-state index contributed by atoms with van der Waals surface area (Å²) in [5.74, 6) is 0.803. The predicted octanol–water partition coefficient (Wildman–Crippen LogP) is 5.90. The zero-order valence-corrected chi connectivity index (χ0v) is 17.1. The number of hydrogen-bond acceptors (Lipinski definition) is 2. The number of rotatable bonds is 18. The summed E-state index contributed by atoms with van der Waals surface area (Å²) in [5.41, 5.74) is 0. The third-order valence-corrected chi connectivity index (χ3v) is 4.14. The molecular weight excluding hydrogens is 298 g/mol. The van der Waals surface area contributed by atoms with E-state index in [4.69, 9.17) is 9.47 Å². The molecule has 0 saturated carbocycles. The highest BCUT2D eigenvalue weighted by atomic mass is 16.7. The zero-order valence-electron chi connectivity index (χ0n) is 17.1. The maximum atomic E-state index is 5.52. The van der Waals surface area contributed by atoms with Crippen LogP contribution in [0.4, 0.5) is 0 Å². The number of quaternary nitrogens is 1. The fraction of sp³-hybridized carbons (Fsp3) is 0.905. The molecule has 0 rings (SSSR count). The summed E-state index contributed by atoms with van der Waals surface area (Å²) in [6.45, 7) is 8.17. The molecule has 0 fully saturated rings. The summed E-state index contributed by atoms with van der Waals surface area (Å²) in [4.78, 5) is 0. The van der Waals surface area contributed by atoms with E-state index in [1.807, 2.05) is 0 Å². The van der Waals surface area contributed by atoms with Gasteiger partial charge in [0.1, 0.15) is 12.3 Å². The van der Waals surface area contributed by atoms with E-state index in [-0.39, 0.29) is 0 Å². The van der Waals surface area contributed by atoms with E-state index in [1.165, 1.54) is 70.6 Å². The lowest BCUT2D eigenvalue weighted by molar-refractivity contribution is -0.866. The molecule has 0 aromatic rings. The normalized spacial score (nSPS) is 11.7. The Morgan fingerprint density at radius 2 is 1.21 bits per heavy atom. The van der Waals surface area contributed by atoms with Gasteiger partial charge >= 0.3 is 0 Å². The lowest BCUT2D eigenvalue weighted by Gasteiger charge is -2.24. The number of nitrogens with zero attached hydrogens (tertiary/aromatic N) is 1. The van der Waals surface area contributed by atoms with E-state index in [0.29, 0.717) is 6.79 Å². The second-order valence-corrected chi connectivity index (χ2v) is 8.05. The van der Waals surface area contributed by atoms with Crippen molar-refractivity contribution in [3.8, 4) is 0 Å². The third-order valence-electron chi connectivity index (χ3n) is 4.14. The van der Waals surface area contributed by atoms with Crippen molar-refractivity contribution in [3.05, 3.63) is 12.3 Å². The summed E-state index contributed by atoms with van der Waals surface area (Å²) >= 11 is 0. The van der Waals surface area contributed by atoms with E-state index >= 15 is 0 Å². The Morgan fingerprint density at radius 3 is 1.67 bits per heavy atom. The lowest BCUT2D eigenvalue weighted by Crippen LogP contribution is -2.36. The largest absolute Gasteiger partial charge is 0.467 e. The molecule has 0 aliphatic rings. The molecule has 0 unspecified atom stereocenters. The summed E-state index contributed by atoms with van der Waals surface area (Å²) in [7, 11) is 6.38. The topological polar surface area (TPSA) is 18.5 Å². The van der Waals surface area contributed by atoms with Crippen LogP contribution in [0.3, 0.4) is 0 Å². The Morgan fingerprint density at radius 1 is 0.750 bits per heavy atom. The van der Waals surface area contributed by atoms with E-state index in [9.17, 15) is 0 Å². The Kier molecular flexibility index (Phi) is 15.6. The summed E-state index contributed by atoms with van der Waals surface area (Å²) in [5, 5.41) is 0. The van der Waals surface area contributed by atoms with E-state index in [0.717, 1.165) is 29.8 Å².